The molecule has 0 aliphatic carbocycles. The third-order valence-electron chi connectivity index (χ3n) is 4.49. The molecular weight excluding hydrogens is 332 g/mol. The van der Waals surface area contributed by atoms with Crippen LogP contribution in [0.25, 0.3) is 11.3 Å². The van der Waals surface area contributed by atoms with E-state index in [0.29, 0.717) is 23.2 Å². The van der Waals surface area contributed by atoms with Crippen LogP contribution in [0.3, 0.4) is 0 Å². The zero-order chi connectivity index (χ0) is 18.9. The van der Waals surface area contributed by atoms with E-state index in [1.807, 2.05) is 19.2 Å². The summed E-state index contributed by atoms with van der Waals surface area (Å²) in [6.45, 7) is 8.34. The van der Waals surface area contributed by atoms with Crippen molar-refractivity contribution in [2.45, 2.75) is 45.4 Å². The monoisotopic (exact) mass is 355 g/mol. The minimum Gasteiger partial charge on any atom is -0.345 e. The van der Waals surface area contributed by atoms with Crippen LogP contribution >= 0.6 is 0 Å². The number of rotatable bonds is 4. The van der Waals surface area contributed by atoms with Crippen LogP contribution < -0.4 is 0 Å². The predicted octanol–water partition coefficient (Wildman–Crippen LogP) is 5.39. The van der Waals surface area contributed by atoms with E-state index in [4.69, 9.17) is 0 Å². The Morgan fingerprint density at radius 2 is 1.81 bits per heavy atom. The van der Waals surface area contributed by atoms with Crippen LogP contribution in [0.5, 0.6) is 0 Å². The van der Waals surface area contributed by atoms with E-state index in [2.05, 4.69) is 35.7 Å². The number of imidazole rings is 1. The van der Waals surface area contributed by atoms with Gasteiger partial charge in [-0.1, -0.05) is 39.8 Å². The number of aromatic nitrogens is 3. The molecule has 2 heterocycles. The van der Waals surface area contributed by atoms with Gasteiger partial charge in [-0.25, -0.2) is 13.8 Å². The molecule has 3 nitrogen and oxygen atoms in total. The molecule has 0 fully saturated rings. The van der Waals surface area contributed by atoms with E-state index in [0.717, 1.165) is 17.7 Å². The van der Waals surface area contributed by atoms with E-state index in [-0.39, 0.29) is 17.2 Å². The fourth-order valence-electron chi connectivity index (χ4n) is 2.88. The molecule has 2 aromatic heterocycles. The number of halogens is 2. The molecule has 3 aromatic rings. The van der Waals surface area contributed by atoms with Crippen molar-refractivity contribution in [3.63, 3.8) is 0 Å². The van der Waals surface area contributed by atoms with Crippen LogP contribution in [0.4, 0.5) is 8.78 Å². The fourth-order valence-corrected chi connectivity index (χ4v) is 2.88. The highest BCUT2D eigenvalue weighted by atomic mass is 19.1. The number of hydrogen-bond acceptors (Lipinski definition) is 2. The Balaban J connectivity index is 1.78. The van der Waals surface area contributed by atoms with Crippen molar-refractivity contribution < 1.29 is 8.78 Å². The van der Waals surface area contributed by atoms with Crippen molar-refractivity contribution in [2.24, 2.45) is 0 Å². The molecule has 0 radical (unpaired) electrons. The topological polar surface area (TPSA) is 41.6 Å². The summed E-state index contributed by atoms with van der Waals surface area (Å²) in [5.41, 5.74) is 2.88. The summed E-state index contributed by atoms with van der Waals surface area (Å²) in [7, 11) is 0. The first kappa shape index (κ1) is 18.2. The fraction of sp³-hybridized carbons (Fsp3) is 0.333. The minimum absolute atomic E-state index is 0.00352. The van der Waals surface area contributed by atoms with Gasteiger partial charge in [-0.2, -0.15) is 0 Å². The number of aromatic amines is 1. The first-order chi connectivity index (χ1) is 12.2. The van der Waals surface area contributed by atoms with Gasteiger partial charge in [-0.15, -0.1) is 0 Å². The lowest BCUT2D eigenvalue weighted by Gasteiger charge is -2.16. The number of pyridine rings is 1. The van der Waals surface area contributed by atoms with Crippen LogP contribution in [-0.4, -0.2) is 15.0 Å². The largest absolute Gasteiger partial charge is 0.345 e. The molecule has 1 atom stereocenters. The molecule has 1 unspecified atom stereocenters. The van der Waals surface area contributed by atoms with Crippen molar-refractivity contribution in [2.75, 3.05) is 0 Å². The molecule has 5 heteroatoms. The highest BCUT2D eigenvalue weighted by Gasteiger charge is 2.19. The van der Waals surface area contributed by atoms with Crippen LogP contribution in [0, 0.1) is 11.6 Å². The molecule has 0 saturated heterocycles. The number of nitrogens with zero attached hydrogens (tertiary/aromatic N) is 2. The van der Waals surface area contributed by atoms with Crippen LogP contribution in [0.2, 0.25) is 0 Å². The third kappa shape index (κ3) is 3.98. The van der Waals surface area contributed by atoms with Gasteiger partial charge in [0.05, 0.1) is 11.9 Å². The second-order valence-corrected chi connectivity index (χ2v) is 7.70. The van der Waals surface area contributed by atoms with Crippen molar-refractivity contribution in [1.29, 1.82) is 0 Å². The quantitative estimate of drug-likeness (QED) is 0.681. The van der Waals surface area contributed by atoms with Gasteiger partial charge < -0.3 is 4.98 Å². The molecular formula is C21H23F2N3. The lowest BCUT2D eigenvalue weighted by Crippen LogP contribution is -2.11. The number of H-pyrrole nitrogens is 1. The van der Waals surface area contributed by atoms with E-state index in [1.54, 1.807) is 12.1 Å². The van der Waals surface area contributed by atoms with Gasteiger partial charge in [-0.05, 0) is 29.7 Å². The van der Waals surface area contributed by atoms with Gasteiger partial charge >= 0.3 is 0 Å². The maximum Gasteiger partial charge on any atom is 0.141 e. The normalized spacial score (nSPS) is 13.0. The van der Waals surface area contributed by atoms with Gasteiger partial charge in [0.25, 0.3) is 0 Å². The molecule has 0 aliphatic heterocycles. The van der Waals surface area contributed by atoms with Crippen molar-refractivity contribution in [3.05, 3.63) is 71.4 Å². The molecule has 26 heavy (non-hydrogen) atoms. The lowest BCUT2D eigenvalue weighted by atomic mass is 9.93. The van der Waals surface area contributed by atoms with Gasteiger partial charge in [-0.3, -0.25) is 4.98 Å². The molecule has 0 aliphatic rings. The standard InChI is InChI=1S/C21H23F2N3/c1-13(9-20-25-12-19(26-20)21(2,3)4)16-7-5-14(10-17(16)23)18-8-6-15(22)11-24-18/h5-8,10-13H,9H2,1-4H3,(H,25,26). The zero-order valence-electron chi connectivity index (χ0n) is 15.5. The van der Waals surface area contributed by atoms with Gasteiger partial charge in [0.2, 0.25) is 0 Å². The van der Waals surface area contributed by atoms with Crippen LogP contribution in [-0.2, 0) is 11.8 Å². The summed E-state index contributed by atoms with van der Waals surface area (Å²) in [5.74, 6) is 0.131. The summed E-state index contributed by atoms with van der Waals surface area (Å²) in [4.78, 5) is 11.8. The maximum atomic E-state index is 14.6. The van der Waals surface area contributed by atoms with E-state index in [1.165, 1.54) is 12.1 Å². The Morgan fingerprint density at radius 1 is 1.04 bits per heavy atom. The average molecular weight is 355 g/mol. The number of hydrogen-bond donors (Lipinski definition) is 1. The number of nitrogens with one attached hydrogen (secondary N) is 1. The van der Waals surface area contributed by atoms with Crippen LogP contribution in [0.15, 0.2) is 42.7 Å². The molecule has 3 rings (SSSR count). The Morgan fingerprint density at radius 3 is 2.38 bits per heavy atom. The molecule has 0 bridgehead atoms. The summed E-state index contributed by atoms with van der Waals surface area (Å²) in [6.07, 6.45) is 3.61. The molecule has 1 N–H and O–H groups in total. The second-order valence-electron chi connectivity index (χ2n) is 7.70. The van der Waals surface area contributed by atoms with Crippen molar-refractivity contribution in [1.82, 2.24) is 15.0 Å². The first-order valence-corrected chi connectivity index (χ1v) is 8.70. The SMILES string of the molecule is CC(Cc1ncc(C(C)(C)C)[nH]1)c1ccc(-c2ccc(F)cn2)cc1F. The molecule has 136 valence electrons. The van der Waals surface area contributed by atoms with Crippen molar-refractivity contribution >= 4 is 0 Å². The Hall–Kier alpha value is -2.56. The Labute approximate surface area is 152 Å². The molecule has 0 saturated carbocycles. The summed E-state index contributed by atoms with van der Waals surface area (Å²) in [5, 5.41) is 0. The summed E-state index contributed by atoms with van der Waals surface area (Å²) < 4.78 is 27.6. The van der Waals surface area contributed by atoms with Gasteiger partial charge in [0, 0.05) is 29.3 Å². The van der Waals surface area contributed by atoms with E-state index in [9.17, 15) is 8.78 Å². The Kier molecular flexibility index (Phi) is 4.90. The van der Waals surface area contributed by atoms with Crippen LogP contribution in [0.1, 0.15) is 50.7 Å². The highest BCUT2D eigenvalue weighted by molar-refractivity contribution is 5.59. The van der Waals surface area contributed by atoms with E-state index >= 15 is 0 Å². The van der Waals surface area contributed by atoms with Gasteiger partial charge in [0.15, 0.2) is 0 Å². The predicted molar refractivity (Wildman–Crippen MR) is 99.0 cm³/mol. The average Bonchev–Trinajstić information content (AvgIpc) is 3.04. The summed E-state index contributed by atoms with van der Waals surface area (Å²) in [6, 6.07) is 7.91. The molecule has 1 aromatic carbocycles. The maximum absolute atomic E-state index is 14.6. The summed E-state index contributed by atoms with van der Waals surface area (Å²) >= 11 is 0. The second kappa shape index (κ2) is 6.98. The first-order valence-electron chi connectivity index (χ1n) is 8.70. The van der Waals surface area contributed by atoms with Crippen molar-refractivity contribution in [3.8, 4) is 11.3 Å². The number of benzene rings is 1. The minimum atomic E-state index is -0.410. The van der Waals surface area contributed by atoms with E-state index < -0.39 is 5.82 Å². The Bertz CT molecular complexity index is 892. The third-order valence-corrected chi connectivity index (χ3v) is 4.49. The molecule has 0 spiro atoms. The molecule has 0 amide bonds. The highest BCUT2D eigenvalue weighted by Crippen LogP contribution is 2.27. The smallest absolute Gasteiger partial charge is 0.141 e. The van der Waals surface area contributed by atoms with Gasteiger partial charge in [0.1, 0.15) is 17.5 Å². The zero-order valence-corrected chi connectivity index (χ0v) is 15.5. The lowest BCUT2D eigenvalue weighted by molar-refractivity contribution is 0.566.